The van der Waals surface area contributed by atoms with Crippen LogP contribution in [0, 0.1) is 5.82 Å². The fourth-order valence-corrected chi connectivity index (χ4v) is 3.14. The van der Waals surface area contributed by atoms with Gasteiger partial charge < -0.3 is 10.2 Å². The zero-order chi connectivity index (χ0) is 17.3. The maximum absolute atomic E-state index is 14.0. The van der Waals surface area contributed by atoms with E-state index in [0.717, 1.165) is 12.0 Å². The van der Waals surface area contributed by atoms with Crippen molar-refractivity contribution in [3.05, 3.63) is 47.5 Å². The number of urea groups is 1. The van der Waals surface area contributed by atoms with Crippen molar-refractivity contribution in [2.24, 2.45) is 7.05 Å². The van der Waals surface area contributed by atoms with Crippen LogP contribution in [0.1, 0.15) is 43.2 Å². The predicted octanol–water partition coefficient (Wildman–Crippen LogP) is 3.70. The van der Waals surface area contributed by atoms with Gasteiger partial charge in [-0.2, -0.15) is 5.10 Å². The van der Waals surface area contributed by atoms with Gasteiger partial charge in [-0.3, -0.25) is 4.68 Å². The van der Waals surface area contributed by atoms with E-state index in [4.69, 9.17) is 0 Å². The highest BCUT2D eigenvalue weighted by atomic mass is 19.1. The lowest BCUT2D eigenvalue weighted by molar-refractivity contribution is 0.222. The summed E-state index contributed by atoms with van der Waals surface area (Å²) in [4.78, 5) is 14.2. The highest BCUT2D eigenvalue weighted by Crippen LogP contribution is 2.27. The average Bonchev–Trinajstić information content (AvgIpc) is 3.15. The fourth-order valence-electron chi connectivity index (χ4n) is 3.14. The van der Waals surface area contributed by atoms with E-state index in [0.29, 0.717) is 30.3 Å². The quantitative estimate of drug-likeness (QED) is 0.933. The number of aromatic nitrogens is 2. The molecule has 1 aromatic carbocycles. The normalized spacial score (nSPS) is 17.5. The summed E-state index contributed by atoms with van der Waals surface area (Å²) in [6.07, 6.45) is 4.76. The van der Waals surface area contributed by atoms with Gasteiger partial charge in [-0.05, 0) is 35.6 Å². The van der Waals surface area contributed by atoms with Crippen LogP contribution >= 0.6 is 0 Å². The van der Waals surface area contributed by atoms with Crippen LogP contribution in [0.2, 0.25) is 0 Å². The summed E-state index contributed by atoms with van der Waals surface area (Å²) in [5.74, 6) is 0.149. The van der Waals surface area contributed by atoms with Gasteiger partial charge in [0.15, 0.2) is 0 Å². The Morgan fingerprint density at radius 2 is 2.21 bits per heavy atom. The number of halogens is 1. The van der Waals surface area contributed by atoms with Crippen LogP contribution in [0.5, 0.6) is 0 Å². The predicted molar refractivity (Wildman–Crippen MR) is 91.6 cm³/mol. The number of carbonyl (C=O) groups excluding carboxylic acids is 1. The van der Waals surface area contributed by atoms with Crippen molar-refractivity contribution in [1.29, 1.82) is 0 Å². The summed E-state index contributed by atoms with van der Waals surface area (Å²) in [7, 11) is 1.89. The Kier molecular flexibility index (Phi) is 4.55. The van der Waals surface area contributed by atoms with E-state index < -0.39 is 0 Å². The Morgan fingerprint density at radius 1 is 1.42 bits per heavy atom. The Labute approximate surface area is 141 Å². The molecule has 24 heavy (non-hydrogen) atoms. The third kappa shape index (κ3) is 3.42. The second kappa shape index (κ2) is 6.63. The molecule has 128 valence electrons. The van der Waals surface area contributed by atoms with Crippen molar-refractivity contribution in [2.45, 2.75) is 32.1 Å². The monoisotopic (exact) mass is 330 g/mol. The van der Waals surface area contributed by atoms with Gasteiger partial charge in [0.25, 0.3) is 0 Å². The SMILES string of the molecule is CC(C)c1ccc(NC(=O)N2CCC(c3cnn(C)c3)C2)cc1F. The molecule has 2 aromatic rings. The number of carbonyl (C=O) groups is 1. The first kappa shape index (κ1) is 16.5. The summed E-state index contributed by atoms with van der Waals surface area (Å²) in [5.41, 5.74) is 2.30. The van der Waals surface area contributed by atoms with Crippen molar-refractivity contribution in [3.8, 4) is 0 Å². The minimum absolute atomic E-state index is 0.119. The summed E-state index contributed by atoms with van der Waals surface area (Å²) in [5, 5.41) is 6.98. The molecule has 2 heterocycles. The molecule has 6 heteroatoms. The van der Waals surface area contributed by atoms with Gasteiger partial charge >= 0.3 is 6.03 Å². The van der Waals surface area contributed by atoms with Crippen molar-refractivity contribution < 1.29 is 9.18 Å². The van der Waals surface area contributed by atoms with Crippen LogP contribution in [-0.4, -0.2) is 33.8 Å². The number of likely N-dealkylation sites (tertiary alicyclic amines) is 1. The van der Waals surface area contributed by atoms with E-state index in [1.165, 1.54) is 6.07 Å². The van der Waals surface area contributed by atoms with Crippen molar-refractivity contribution >= 4 is 11.7 Å². The molecule has 0 saturated carbocycles. The van der Waals surface area contributed by atoms with E-state index in [9.17, 15) is 9.18 Å². The third-order valence-corrected chi connectivity index (χ3v) is 4.55. The summed E-state index contributed by atoms with van der Waals surface area (Å²) in [6, 6.07) is 4.70. The van der Waals surface area contributed by atoms with Crippen molar-refractivity contribution in [1.82, 2.24) is 14.7 Å². The minimum Gasteiger partial charge on any atom is -0.324 e. The number of rotatable bonds is 3. The lowest BCUT2D eigenvalue weighted by Gasteiger charge is -2.18. The number of benzene rings is 1. The molecule has 1 aromatic heterocycles. The number of amides is 2. The molecule has 1 aliphatic rings. The Bertz CT molecular complexity index is 740. The topological polar surface area (TPSA) is 50.2 Å². The zero-order valence-corrected chi connectivity index (χ0v) is 14.3. The molecule has 5 nitrogen and oxygen atoms in total. The van der Waals surface area contributed by atoms with E-state index in [2.05, 4.69) is 10.4 Å². The highest BCUT2D eigenvalue weighted by molar-refractivity contribution is 5.89. The van der Waals surface area contributed by atoms with Crippen LogP contribution < -0.4 is 5.32 Å². The fraction of sp³-hybridized carbons (Fsp3) is 0.444. The maximum Gasteiger partial charge on any atom is 0.321 e. The molecule has 1 saturated heterocycles. The summed E-state index contributed by atoms with van der Waals surface area (Å²) >= 11 is 0. The lowest BCUT2D eigenvalue weighted by Crippen LogP contribution is -2.32. The van der Waals surface area contributed by atoms with Crippen molar-refractivity contribution in [2.75, 3.05) is 18.4 Å². The number of anilines is 1. The molecule has 0 radical (unpaired) electrons. The number of hydrogen-bond acceptors (Lipinski definition) is 2. The Balaban J connectivity index is 1.62. The zero-order valence-electron chi connectivity index (χ0n) is 14.3. The summed E-state index contributed by atoms with van der Waals surface area (Å²) in [6.45, 7) is 5.24. The van der Waals surface area contributed by atoms with Gasteiger partial charge in [0.2, 0.25) is 0 Å². The average molecular weight is 330 g/mol. The Morgan fingerprint density at radius 3 is 2.83 bits per heavy atom. The standard InChI is InChI=1S/C18H23FN4O/c1-12(2)16-5-4-15(8-17(16)19)21-18(24)23-7-6-13(11-23)14-9-20-22(3)10-14/h4-5,8-10,12-13H,6-7,11H2,1-3H3,(H,21,24). The first-order chi connectivity index (χ1) is 11.4. The highest BCUT2D eigenvalue weighted by Gasteiger charge is 2.28. The molecule has 0 aliphatic carbocycles. The molecule has 1 atom stereocenters. The van der Waals surface area contributed by atoms with Crippen LogP contribution in [0.15, 0.2) is 30.6 Å². The molecule has 1 unspecified atom stereocenters. The smallest absolute Gasteiger partial charge is 0.321 e. The maximum atomic E-state index is 14.0. The first-order valence-corrected chi connectivity index (χ1v) is 8.28. The number of hydrogen-bond donors (Lipinski definition) is 1. The van der Waals surface area contributed by atoms with Crippen LogP contribution in [0.3, 0.4) is 0 Å². The van der Waals surface area contributed by atoms with Gasteiger partial charge in [0.1, 0.15) is 5.82 Å². The van der Waals surface area contributed by atoms with Gasteiger partial charge in [-0.25, -0.2) is 9.18 Å². The van der Waals surface area contributed by atoms with Crippen molar-refractivity contribution in [3.63, 3.8) is 0 Å². The Hall–Kier alpha value is -2.37. The first-order valence-electron chi connectivity index (χ1n) is 8.28. The van der Waals surface area contributed by atoms with E-state index >= 15 is 0 Å². The van der Waals surface area contributed by atoms with Crippen LogP contribution in [0.4, 0.5) is 14.9 Å². The van der Waals surface area contributed by atoms with Gasteiger partial charge in [0.05, 0.1) is 6.20 Å². The van der Waals surface area contributed by atoms with E-state index in [1.807, 2.05) is 33.3 Å². The van der Waals surface area contributed by atoms with Gasteiger partial charge in [0, 0.05) is 37.9 Å². The third-order valence-electron chi connectivity index (χ3n) is 4.55. The van der Waals surface area contributed by atoms with Crippen LogP contribution in [0.25, 0.3) is 0 Å². The second-order valence-electron chi connectivity index (χ2n) is 6.70. The molecule has 0 spiro atoms. The van der Waals surface area contributed by atoms with Gasteiger partial charge in [-0.15, -0.1) is 0 Å². The van der Waals surface area contributed by atoms with E-state index in [-0.39, 0.29) is 17.8 Å². The molecule has 1 N–H and O–H groups in total. The number of nitrogens with one attached hydrogen (secondary N) is 1. The second-order valence-corrected chi connectivity index (χ2v) is 6.70. The molecular formula is C18H23FN4O. The van der Waals surface area contributed by atoms with E-state index in [1.54, 1.807) is 21.7 Å². The lowest BCUT2D eigenvalue weighted by atomic mass is 10.0. The molecular weight excluding hydrogens is 307 g/mol. The summed E-state index contributed by atoms with van der Waals surface area (Å²) < 4.78 is 15.8. The largest absolute Gasteiger partial charge is 0.324 e. The molecule has 2 amide bonds. The molecule has 0 bridgehead atoms. The molecule has 1 aliphatic heterocycles. The molecule has 3 rings (SSSR count). The van der Waals surface area contributed by atoms with Crippen LogP contribution in [-0.2, 0) is 7.05 Å². The number of aryl methyl sites for hydroxylation is 1. The van der Waals surface area contributed by atoms with Gasteiger partial charge in [-0.1, -0.05) is 19.9 Å². The minimum atomic E-state index is -0.280. The molecule has 1 fully saturated rings. The number of nitrogens with zero attached hydrogens (tertiary/aromatic N) is 3.